The lowest BCUT2D eigenvalue weighted by Gasteiger charge is -2.34. The molecule has 0 radical (unpaired) electrons. The van der Waals surface area contributed by atoms with E-state index in [4.69, 9.17) is 13.9 Å². The number of amides is 1. The Bertz CT molecular complexity index is 711. The van der Waals surface area contributed by atoms with E-state index in [1.165, 1.54) is 0 Å². The summed E-state index contributed by atoms with van der Waals surface area (Å²) in [5.41, 5.74) is 0.364. The third kappa shape index (κ3) is 3.59. The van der Waals surface area contributed by atoms with Crippen LogP contribution >= 0.6 is 0 Å². The highest BCUT2D eigenvalue weighted by Crippen LogP contribution is 2.27. The van der Waals surface area contributed by atoms with E-state index in [1.807, 2.05) is 32.9 Å². The van der Waals surface area contributed by atoms with Crippen LogP contribution in [0.5, 0.6) is 5.88 Å². The molecule has 6 heteroatoms. The summed E-state index contributed by atoms with van der Waals surface area (Å²) in [5.74, 6) is 1.85. The Balaban J connectivity index is 1.84. The molecule has 3 heterocycles. The molecule has 1 fully saturated rings. The molecule has 0 aromatic carbocycles. The Hall–Kier alpha value is -2.34. The van der Waals surface area contributed by atoms with Crippen LogP contribution in [0.1, 0.15) is 41.9 Å². The van der Waals surface area contributed by atoms with Gasteiger partial charge in [0.15, 0.2) is 0 Å². The summed E-state index contributed by atoms with van der Waals surface area (Å²) in [7, 11) is 0. The van der Waals surface area contributed by atoms with Crippen molar-refractivity contribution in [2.75, 3.05) is 19.8 Å². The number of ether oxygens (including phenoxy) is 2. The number of aromatic nitrogens is 1. The van der Waals surface area contributed by atoms with Gasteiger partial charge in [0.25, 0.3) is 5.91 Å². The third-order valence-electron chi connectivity index (χ3n) is 3.78. The fourth-order valence-corrected chi connectivity index (χ4v) is 2.70. The van der Waals surface area contributed by atoms with E-state index in [9.17, 15) is 4.79 Å². The van der Waals surface area contributed by atoms with Crippen molar-refractivity contribution >= 4 is 5.91 Å². The fourth-order valence-electron chi connectivity index (χ4n) is 2.70. The van der Waals surface area contributed by atoms with Gasteiger partial charge in [-0.25, -0.2) is 4.98 Å². The maximum Gasteiger partial charge on any atom is 0.273 e. The van der Waals surface area contributed by atoms with Crippen LogP contribution < -0.4 is 4.74 Å². The van der Waals surface area contributed by atoms with Crippen molar-refractivity contribution in [3.05, 3.63) is 47.5 Å². The van der Waals surface area contributed by atoms with Crippen molar-refractivity contribution < 1.29 is 18.7 Å². The van der Waals surface area contributed by atoms with Gasteiger partial charge in [-0.2, -0.15) is 0 Å². The van der Waals surface area contributed by atoms with Gasteiger partial charge in [-0.3, -0.25) is 4.79 Å². The number of hydrogen-bond acceptors (Lipinski definition) is 5. The lowest BCUT2D eigenvalue weighted by Crippen LogP contribution is -2.43. The summed E-state index contributed by atoms with van der Waals surface area (Å²) in [5, 5.41) is 0. The molecule has 0 bridgehead atoms. The minimum Gasteiger partial charge on any atom is -0.475 e. The van der Waals surface area contributed by atoms with E-state index < -0.39 is 0 Å². The molecule has 1 atom stereocenters. The highest BCUT2D eigenvalue weighted by atomic mass is 16.5. The monoisotopic (exact) mass is 330 g/mol. The molecule has 24 heavy (non-hydrogen) atoms. The van der Waals surface area contributed by atoms with Crippen molar-refractivity contribution in [1.82, 2.24) is 9.88 Å². The van der Waals surface area contributed by atoms with Crippen LogP contribution in [0.15, 0.2) is 34.7 Å². The average molecular weight is 330 g/mol. The van der Waals surface area contributed by atoms with E-state index >= 15 is 0 Å². The summed E-state index contributed by atoms with van der Waals surface area (Å²) in [6, 6.07) is 8.78. The molecule has 1 amide bonds. The Labute approximate surface area is 141 Å². The van der Waals surface area contributed by atoms with Crippen LogP contribution in [0.3, 0.4) is 0 Å². The molecule has 2 aromatic heterocycles. The summed E-state index contributed by atoms with van der Waals surface area (Å²) in [6.07, 6.45) is 0.00470. The molecule has 0 saturated carbocycles. The second-order valence-electron chi connectivity index (χ2n) is 6.07. The molecular formula is C18H22N2O4. The summed E-state index contributed by atoms with van der Waals surface area (Å²) in [4.78, 5) is 19.0. The zero-order valence-corrected chi connectivity index (χ0v) is 14.2. The Morgan fingerprint density at radius 2 is 2.17 bits per heavy atom. The first-order valence-electron chi connectivity index (χ1n) is 8.13. The number of carbonyl (C=O) groups excluding carboxylic acids is 1. The number of hydrogen-bond donors (Lipinski definition) is 0. The molecule has 1 aliphatic heterocycles. The van der Waals surface area contributed by atoms with Crippen molar-refractivity contribution in [1.29, 1.82) is 0 Å². The standard InChI is InChI=1S/C18H22N2O4/c1-12(2)23-17-6-4-5-14(19-17)18(21)20-9-10-22-11-15(20)16-8-7-13(3)24-16/h4-8,12,15H,9-11H2,1-3H3. The number of rotatable bonds is 4. The van der Waals surface area contributed by atoms with Crippen LogP contribution in [0.4, 0.5) is 0 Å². The van der Waals surface area contributed by atoms with Gasteiger partial charge in [-0.1, -0.05) is 6.07 Å². The molecular weight excluding hydrogens is 308 g/mol. The molecule has 1 saturated heterocycles. The second-order valence-corrected chi connectivity index (χ2v) is 6.07. The van der Waals surface area contributed by atoms with E-state index in [0.717, 1.165) is 11.5 Å². The normalized spacial score (nSPS) is 18.0. The third-order valence-corrected chi connectivity index (χ3v) is 3.78. The molecule has 1 aliphatic rings. The molecule has 0 aliphatic carbocycles. The topological polar surface area (TPSA) is 64.8 Å². The van der Waals surface area contributed by atoms with Gasteiger partial charge < -0.3 is 18.8 Å². The number of aryl methyl sites for hydroxylation is 1. The maximum atomic E-state index is 12.9. The van der Waals surface area contributed by atoms with Crippen LogP contribution in [-0.4, -0.2) is 41.7 Å². The molecule has 128 valence electrons. The molecule has 2 aromatic rings. The van der Waals surface area contributed by atoms with E-state index in [1.54, 1.807) is 23.1 Å². The number of morpholine rings is 1. The van der Waals surface area contributed by atoms with Gasteiger partial charge in [-0.15, -0.1) is 0 Å². The number of pyridine rings is 1. The molecule has 0 spiro atoms. The molecule has 6 nitrogen and oxygen atoms in total. The zero-order chi connectivity index (χ0) is 17.1. The summed E-state index contributed by atoms with van der Waals surface area (Å²) < 4.78 is 16.8. The molecule has 0 N–H and O–H groups in total. The van der Waals surface area contributed by atoms with E-state index in [2.05, 4.69) is 4.98 Å². The first-order valence-corrected chi connectivity index (χ1v) is 8.13. The highest BCUT2D eigenvalue weighted by Gasteiger charge is 2.32. The first-order chi connectivity index (χ1) is 11.5. The van der Waals surface area contributed by atoms with Crippen molar-refractivity contribution in [2.45, 2.75) is 32.9 Å². The Morgan fingerprint density at radius 1 is 1.33 bits per heavy atom. The smallest absolute Gasteiger partial charge is 0.273 e. The predicted molar refractivity (Wildman–Crippen MR) is 88.0 cm³/mol. The van der Waals surface area contributed by atoms with Crippen LogP contribution in [0.25, 0.3) is 0 Å². The SMILES string of the molecule is Cc1ccc(C2COCCN2C(=O)c2cccc(OC(C)C)n2)o1. The largest absolute Gasteiger partial charge is 0.475 e. The lowest BCUT2D eigenvalue weighted by atomic mass is 10.1. The number of furan rings is 1. The van der Waals surface area contributed by atoms with Crippen molar-refractivity contribution in [3.8, 4) is 5.88 Å². The maximum absolute atomic E-state index is 12.9. The van der Waals surface area contributed by atoms with E-state index in [0.29, 0.717) is 31.3 Å². The van der Waals surface area contributed by atoms with Gasteiger partial charge in [0.1, 0.15) is 23.3 Å². The minimum atomic E-state index is -0.239. The van der Waals surface area contributed by atoms with Gasteiger partial charge in [0.05, 0.1) is 19.3 Å². The first kappa shape index (κ1) is 16.5. The van der Waals surface area contributed by atoms with Crippen molar-refractivity contribution in [2.24, 2.45) is 0 Å². The van der Waals surface area contributed by atoms with Crippen molar-refractivity contribution in [3.63, 3.8) is 0 Å². The van der Waals surface area contributed by atoms with Gasteiger partial charge >= 0.3 is 0 Å². The van der Waals surface area contributed by atoms with Gasteiger partial charge in [0, 0.05) is 12.6 Å². The highest BCUT2D eigenvalue weighted by molar-refractivity contribution is 5.92. The summed E-state index contributed by atoms with van der Waals surface area (Å²) in [6.45, 7) is 7.15. The minimum absolute atomic E-state index is 0.00470. The Kier molecular flexibility index (Phi) is 4.85. The van der Waals surface area contributed by atoms with Crippen LogP contribution in [0, 0.1) is 6.92 Å². The van der Waals surface area contributed by atoms with Gasteiger partial charge in [0.2, 0.25) is 5.88 Å². The van der Waals surface area contributed by atoms with Crippen LogP contribution in [-0.2, 0) is 4.74 Å². The predicted octanol–water partition coefficient (Wildman–Crippen LogP) is 2.98. The molecule has 1 unspecified atom stereocenters. The number of carbonyl (C=O) groups is 1. The molecule has 3 rings (SSSR count). The number of nitrogens with zero attached hydrogens (tertiary/aromatic N) is 2. The Morgan fingerprint density at radius 3 is 2.88 bits per heavy atom. The second kappa shape index (κ2) is 7.05. The quantitative estimate of drug-likeness (QED) is 0.862. The summed E-state index contributed by atoms with van der Waals surface area (Å²) >= 11 is 0. The van der Waals surface area contributed by atoms with Gasteiger partial charge in [-0.05, 0) is 39.0 Å². The fraction of sp³-hybridized carbons (Fsp3) is 0.444. The zero-order valence-electron chi connectivity index (χ0n) is 14.2. The van der Waals surface area contributed by atoms with E-state index in [-0.39, 0.29) is 18.1 Å². The van der Waals surface area contributed by atoms with Crippen LogP contribution in [0.2, 0.25) is 0 Å². The lowest BCUT2D eigenvalue weighted by molar-refractivity contribution is -0.00929. The average Bonchev–Trinajstić information content (AvgIpc) is 3.00.